The molecule has 0 aromatic carbocycles. The van der Waals surface area contributed by atoms with Gasteiger partial charge in [-0.1, -0.05) is 14.9 Å². The maximum absolute atomic E-state index is 12.0. The first-order valence-electron chi connectivity index (χ1n) is 6.18. The van der Waals surface area contributed by atoms with Gasteiger partial charge in [0.25, 0.3) is 23.6 Å². The van der Waals surface area contributed by atoms with Crippen LogP contribution in [0.25, 0.3) is 0 Å². The van der Waals surface area contributed by atoms with Gasteiger partial charge in [-0.15, -0.1) is 0 Å². The van der Waals surface area contributed by atoms with Crippen molar-refractivity contribution < 1.29 is 28.8 Å². The highest BCUT2D eigenvalue weighted by molar-refractivity contribution is 6.35. The minimum Gasteiger partial charge on any atom is -0.281 e. The number of carbonyl (C=O) groups excluding carboxylic acids is 6. The van der Waals surface area contributed by atoms with E-state index in [1.54, 1.807) is 0 Å². The van der Waals surface area contributed by atoms with Crippen LogP contribution in [0.1, 0.15) is 28.7 Å². The lowest BCUT2D eigenvalue weighted by Gasteiger charge is -2.52. The molecule has 9 heteroatoms. The van der Waals surface area contributed by atoms with Gasteiger partial charge in [-0.3, -0.25) is 43.5 Å². The zero-order chi connectivity index (χ0) is 15.9. The highest BCUT2D eigenvalue weighted by Crippen LogP contribution is 2.38. The van der Waals surface area contributed by atoms with E-state index < -0.39 is 52.9 Å². The molecule has 3 aliphatic heterocycles. The van der Waals surface area contributed by atoms with Crippen molar-refractivity contribution in [2.45, 2.75) is 40.8 Å². The van der Waals surface area contributed by atoms with E-state index in [9.17, 15) is 28.8 Å². The fourth-order valence-corrected chi connectivity index (χ4v) is 2.59. The fraction of sp³-hybridized carbons (Fsp3) is 0.571. The molecule has 0 saturated carbocycles. The number of nitrogens with zero attached hydrogens (tertiary/aromatic N) is 3. The molecule has 6 amide bonds. The van der Waals surface area contributed by atoms with Crippen LogP contribution in [0.4, 0.5) is 0 Å². The number of carbonyl (C=O) groups is 6. The molecule has 0 aromatic rings. The largest absolute Gasteiger partial charge is 0.281 e. The van der Waals surface area contributed by atoms with E-state index in [0.717, 1.165) is 4.90 Å². The van der Waals surface area contributed by atoms with Crippen molar-refractivity contribution in [1.29, 1.82) is 0 Å². The summed E-state index contributed by atoms with van der Waals surface area (Å²) in [7, 11) is 1.23. The Labute approximate surface area is 133 Å². The number of likely N-dealkylation sites (tertiary alicyclic amines) is 3. The van der Waals surface area contributed by atoms with Crippen LogP contribution in [0, 0.1) is 5.41 Å². The summed E-state index contributed by atoms with van der Waals surface area (Å²) in [4.78, 5) is 72.5. The number of hydrogen-bond acceptors (Lipinski definition) is 6. The average molecular weight is 325 g/mol. The fourth-order valence-electron chi connectivity index (χ4n) is 2.59. The summed E-state index contributed by atoms with van der Waals surface area (Å²) in [5.41, 5.74) is -1.25. The molecule has 0 bridgehead atoms. The molecule has 3 heterocycles. The molecule has 9 nitrogen and oxygen atoms in total. The minimum absolute atomic E-state index is 0. The first-order valence-corrected chi connectivity index (χ1v) is 6.18. The Morgan fingerprint density at radius 2 is 1.04 bits per heavy atom. The van der Waals surface area contributed by atoms with E-state index in [-0.39, 0.29) is 14.9 Å². The van der Waals surface area contributed by atoms with Gasteiger partial charge in [0.05, 0.1) is 0 Å². The number of rotatable bonds is 2. The Morgan fingerprint density at radius 3 is 1.43 bits per heavy atom. The topological polar surface area (TPSA) is 112 Å². The summed E-state index contributed by atoms with van der Waals surface area (Å²) in [6.07, 6.45) is 0. The van der Waals surface area contributed by atoms with Gasteiger partial charge in [0.1, 0.15) is 5.41 Å². The predicted octanol–water partition coefficient (Wildman–Crippen LogP) is -1.24. The highest BCUT2D eigenvalue weighted by atomic mass is 16.2. The van der Waals surface area contributed by atoms with Gasteiger partial charge in [-0.25, -0.2) is 0 Å². The third-order valence-corrected chi connectivity index (χ3v) is 4.10. The Balaban J connectivity index is 0.00000132. The maximum Gasteiger partial charge on any atom is 0.263 e. The molecule has 0 N–H and O–H groups in total. The van der Waals surface area contributed by atoms with Gasteiger partial charge < -0.3 is 0 Å². The van der Waals surface area contributed by atoms with Gasteiger partial charge >= 0.3 is 0 Å². The molecular weight excluding hydrogens is 306 g/mol. The van der Waals surface area contributed by atoms with Gasteiger partial charge in [0.2, 0.25) is 11.8 Å². The molecule has 0 atom stereocenters. The van der Waals surface area contributed by atoms with Crippen LogP contribution in [0.15, 0.2) is 0 Å². The Hall–Kier alpha value is -2.58. The molecule has 3 rings (SSSR count). The second-order valence-electron chi connectivity index (χ2n) is 5.69. The monoisotopic (exact) mass is 325 g/mol. The van der Waals surface area contributed by atoms with Gasteiger partial charge in [0.15, 0.2) is 12.1 Å². The van der Waals surface area contributed by atoms with Gasteiger partial charge in [0, 0.05) is 7.05 Å². The highest BCUT2D eigenvalue weighted by Gasteiger charge is 2.68. The molecule has 126 valence electrons. The normalized spacial score (nSPS) is 23.9. The third-order valence-electron chi connectivity index (χ3n) is 4.10. The second kappa shape index (κ2) is 4.97. The van der Waals surface area contributed by atoms with Gasteiger partial charge in [-0.2, -0.15) is 0 Å². The average Bonchev–Trinajstić information content (AvgIpc) is 2.47. The number of hydrogen-bond donors (Lipinski definition) is 0. The summed E-state index contributed by atoms with van der Waals surface area (Å²) in [5, 5.41) is 0. The van der Waals surface area contributed by atoms with Crippen LogP contribution < -0.4 is 0 Å². The predicted molar refractivity (Wildman–Crippen MR) is 76.3 cm³/mol. The Bertz CT molecular complexity index is 617. The van der Waals surface area contributed by atoms with Crippen molar-refractivity contribution in [2.24, 2.45) is 5.41 Å². The first-order chi connectivity index (χ1) is 9.62. The van der Waals surface area contributed by atoms with E-state index >= 15 is 0 Å². The summed E-state index contributed by atoms with van der Waals surface area (Å²) < 4.78 is 0. The summed E-state index contributed by atoms with van der Waals surface area (Å²) in [5.74, 6) is -4.33. The third kappa shape index (κ3) is 1.79. The maximum atomic E-state index is 12.0. The molecule has 0 aromatic heterocycles. The summed E-state index contributed by atoms with van der Waals surface area (Å²) in [6, 6.07) is -2.99. The van der Waals surface area contributed by atoms with Crippen molar-refractivity contribution in [2.75, 3.05) is 7.05 Å². The number of β-lactam (4-membered cyclic amide) rings is 6. The Kier molecular flexibility index (Phi) is 3.99. The van der Waals surface area contributed by atoms with Gasteiger partial charge in [-0.05, 0) is 13.8 Å². The Morgan fingerprint density at radius 1 is 0.696 bits per heavy atom. The number of likely N-dealkylation sites (N-methyl/N-ethyl adjacent to an activating group) is 1. The molecule has 0 unspecified atom stereocenters. The van der Waals surface area contributed by atoms with Crippen molar-refractivity contribution in [1.82, 2.24) is 14.7 Å². The van der Waals surface area contributed by atoms with Crippen LogP contribution in [0.2, 0.25) is 0 Å². The van der Waals surface area contributed by atoms with Crippen LogP contribution in [-0.4, -0.2) is 69.3 Å². The molecule has 0 spiro atoms. The second-order valence-corrected chi connectivity index (χ2v) is 5.69. The standard InChI is InChI=1S/C12H11N3O6.2CH4/c1-12(2)10(20)15(11(12)21)5-8(18)14(9(5)19)4-6(16)13(3)7(4)17;;/h4-5H,1-3H3;2*1H4. The van der Waals surface area contributed by atoms with E-state index in [1.165, 1.54) is 20.9 Å². The van der Waals surface area contributed by atoms with Crippen LogP contribution >= 0.6 is 0 Å². The quantitative estimate of drug-likeness (QED) is 0.463. The molecule has 0 radical (unpaired) electrons. The van der Waals surface area contributed by atoms with Crippen LogP contribution in [-0.2, 0) is 28.8 Å². The first kappa shape index (κ1) is 18.5. The lowest BCUT2D eigenvalue weighted by atomic mass is 9.79. The van der Waals surface area contributed by atoms with Crippen molar-refractivity contribution in [3.63, 3.8) is 0 Å². The molecule has 23 heavy (non-hydrogen) atoms. The number of imide groups is 3. The van der Waals surface area contributed by atoms with E-state index in [4.69, 9.17) is 0 Å². The van der Waals surface area contributed by atoms with Crippen LogP contribution in [0.3, 0.4) is 0 Å². The van der Waals surface area contributed by atoms with Crippen LogP contribution in [0.5, 0.6) is 0 Å². The molecule has 3 fully saturated rings. The molecule has 3 aliphatic rings. The van der Waals surface area contributed by atoms with E-state index in [1.807, 2.05) is 0 Å². The van der Waals surface area contributed by atoms with Crippen molar-refractivity contribution >= 4 is 35.4 Å². The smallest absolute Gasteiger partial charge is 0.263 e. The van der Waals surface area contributed by atoms with E-state index in [2.05, 4.69) is 0 Å². The zero-order valence-electron chi connectivity index (χ0n) is 11.4. The minimum atomic E-state index is -1.54. The molecular formula is C14H19N3O6. The number of amides is 6. The summed E-state index contributed by atoms with van der Waals surface area (Å²) >= 11 is 0. The van der Waals surface area contributed by atoms with Crippen molar-refractivity contribution in [3.8, 4) is 0 Å². The molecule has 0 aliphatic carbocycles. The summed E-state index contributed by atoms with van der Waals surface area (Å²) in [6.45, 7) is 2.79. The molecule has 3 saturated heterocycles. The SMILES string of the molecule is C.C.CN1C(=O)C(N2C(=O)C(N3C(=O)C(C)(C)C3=O)C2=O)C1=O. The zero-order valence-corrected chi connectivity index (χ0v) is 11.4. The van der Waals surface area contributed by atoms with E-state index in [0.29, 0.717) is 9.80 Å². The lowest BCUT2D eigenvalue weighted by Crippen LogP contribution is -2.82. The lowest BCUT2D eigenvalue weighted by molar-refractivity contribution is -0.196. The van der Waals surface area contributed by atoms with Crippen molar-refractivity contribution in [3.05, 3.63) is 0 Å².